The van der Waals surface area contributed by atoms with Gasteiger partial charge in [0.25, 0.3) is 0 Å². The molecule has 0 bridgehead atoms. The number of nitrogens with one attached hydrogen (secondary N) is 1. The van der Waals surface area contributed by atoms with Crippen molar-refractivity contribution >= 4 is 17.2 Å². The molecule has 0 amide bonds. The van der Waals surface area contributed by atoms with Crippen molar-refractivity contribution in [3.05, 3.63) is 40.7 Å². The van der Waals surface area contributed by atoms with Gasteiger partial charge in [-0.2, -0.15) is 0 Å². The largest absolute Gasteiger partial charge is 0.312 e. The van der Waals surface area contributed by atoms with Gasteiger partial charge in [0, 0.05) is 10.6 Å². The molecule has 0 aromatic heterocycles. The lowest BCUT2D eigenvalue weighted by molar-refractivity contribution is 0.431. The van der Waals surface area contributed by atoms with Crippen LogP contribution in [-0.4, -0.2) is 12.1 Å². The van der Waals surface area contributed by atoms with E-state index in [1.165, 1.54) is 12.1 Å². The fraction of sp³-hybridized carbons (Fsp3) is 0.467. The number of rotatable bonds is 4. The Morgan fingerprint density at radius 2 is 2.06 bits per heavy atom. The third kappa shape index (κ3) is 5.19. The minimum atomic E-state index is -0.255. The molecule has 3 heteroatoms. The second-order valence-corrected chi connectivity index (χ2v) is 5.88. The Morgan fingerprint density at radius 1 is 1.39 bits per heavy atom. The molecular formula is C15H21ClFN. The van der Waals surface area contributed by atoms with Crippen LogP contribution in [0.2, 0.25) is 5.02 Å². The van der Waals surface area contributed by atoms with Gasteiger partial charge in [0.15, 0.2) is 0 Å². The Balaban J connectivity index is 2.63. The number of allylic oxidation sites excluding steroid dienone is 1. The van der Waals surface area contributed by atoms with Gasteiger partial charge in [-0.05, 0) is 70.0 Å². The van der Waals surface area contributed by atoms with Gasteiger partial charge in [-0.15, -0.1) is 0 Å². The second kappa shape index (κ2) is 6.35. The van der Waals surface area contributed by atoms with Gasteiger partial charge >= 0.3 is 0 Å². The van der Waals surface area contributed by atoms with Gasteiger partial charge in [0.2, 0.25) is 0 Å². The fourth-order valence-electron chi connectivity index (χ4n) is 1.65. The van der Waals surface area contributed by atoms with E-state index in [0.29, 0.717) is 5.02 Å². The number of halogens is 2. The van der Waals surface area contributed by atoms with Crippen LogP contribution in [0.1, 0.15) is 39.7 Å². The number of benzene rings is 1. The number of hydrogen-bond donors (Lipinski definition) is 1. The van der Waals surface area contributed by atoms with Gasteiger partial charge in [-0.3, -0.25) is 0 Å². The molecule has 0 heterocycles. The molecule has 18 heavy (non-hydrogen) atoms. The predicted molar refractivity (Wildman–Crippen MR) is 77.4 cm³/mol. The maximum Gasteiger partial charge on any atom is 0.123 e. The SMILES string of the molecule is C/C(=C/CCNC(C)(C)C)c1cc(F)ccc1Cl. The van der Waals surface area contributed by atoms with Crippen LogP contribution < -0.4 is 5.32 Å². The zero-order valence-corrected chi connectivity index (χ0v) is 12.2. The van der Waals surface area contributed by atoms with E-state index in [1.807, 2.05) is 6.92 Å². The Morgan fingerprint density at radius 3 is 2.67 bits per heavy atom. The van der Waals surface area contributed by atoms with Crippen LogP contribution >= 0.6 is 11.6 Å². The minimum absolute atomic E-state index is 0.123. The van der Waals surface area contributed by atoms with Gasteiger partial charge in [0.1, 0.15) is 5.82 Å². The first-order valence-electron chi connectivity index (χ1n) is 6.17. The van der Waals surface area contributed by atoms with E-state index in [0.717, 1.165) is 24.1 Å². The molecule has 1 aromatic rings. The van der Waals surface area contributed by atoms with Crippen molar-refractivity contribution in [3.63, 3.8) is 0 Å². The average Bonchev–Trinajstić information content (AvgIpc) is 2.26. The van der Waals surface area contributed by atoms with Crippen LogP contribution in [0, 0.1) is 5.82 Å². The lowest BCUT2D eigenvalue weighted by atomic mass is 10.1. The minimum Gasteiger partial charge on any atom is -0.312 e. The average molecular weight is 270 g/mol. The summed E-state index contributed by atoms with van der Waals surface area (Å²) in [5.74, 6) is -0.255. The van der Waals surface area contributed by atoms with Crippen LogP contribution in [0.5, 0.6) is 0 Å². The monoisotopic (exact) mass is 269 g/mol. The molecule has 0 aliphatic heterocycles. The summed E-state index contributed by atoms with van der Waals surface area (Å²) >= 11 is 6.05. The number of hydrogen-bond acceptors (Lipinski definition) is 1. The molecule has 0 radical (unpaired) electrons. The van der Waals surface area contributed by atoms with E-state index >= 15 is 0 Å². The molecule has 0 spiro atoms. The van der Waals surface area contributed by atoms with Crippen molar-refractivity contribution in [1.29, 1.82) is 0 Å². The molecule has 1 N–H and O–H groups in total. The maximum atomic E-state index is 13.2. The van der Waals surface area contributed by atoms with Crippen molar-refractivity contribution in [1.82, 2.24) is 5.32 Å². The zero-order chi connectivity index (χ0) is 13.8. The highest BCUT2D eigenvalue weighted by Crippen LogP contribution is 2.24. The first-order valence-corrected chi connectivity index (χ1v) is 6.54. The van der Waals surface area contributed by atoms with Gasteiger partial charge in [0.05, 0.1) is 0 Å². The Bertz CT molecular complexity index is 433. The van der Waals surface area contributed by atoms with Crippen LogP contribution in [0.15, 0.2) is 24.3 Å². The summed E-state index contributed by atoms with van der Waals surface area (Å²) in [5.41, 5.74) is 1.90. The summed E-state index contributed by atoms with van der Waals surface area (Å²) in [7, 11) is 0. The summed E-state index contributed by atoms with van der Waals surface area (Å²) in [6, 6.07) is 4.45. The van der Waals surface area contributed by atoms with E-state index in [4.69, 9.17) is 11.6 Å². The molecule has 0 fully saturated rings. The first kappa shape index (κ1) is 15.2. The molecule has 100 valence electrons. The third-order valence-electron chi connectivity index (χ3n) is 2.60. The van der Waals surface area contributed by atoms with E-state index in [-0.39, 0.29) is 11.4 Å². The molecule has 0 aliphatic rings. The van der Waals surface area contributed by atoms with Crippen molar-refractivity contribution in [3.8, 4) is 0 Å². The molecule has 0 unspecified atom stereocenters. The highest BCUT2D eigenvalue weighted by Gasteiger charge is 2.07. The molecular weight excluding hydrogens is 249 g/mol. The first-order chi connectivity index (χ1) is 8.29. The van der Waals surface area contributed by atoms with Crippen molar-refractivity contribution < 1.29 is 4.39 Å². The quantitative estimate of drug-likeness (QED) is 0.784. The lowest BCUT2D eigenvalue weighted by Gasteiger charge is -2.19. The lowest BCUT2D eigenvalue weighted by Crippen LogP contribution is -2.36. The summed E-state index contributed by atoms with van der Waals surface area (Å²) in [5, 5.41) is 3.99. The van der Waals surface area contributed by atoms with E-state index in [9.17, 15) is 4.39 Å². The third-order valence-corrected chi connectivity index (χ3v) is 2.93. The van der Waals surface area contributed by atoms with E-state index < -0.39 is 0 Å². The molecule has 1 aromatic carbocycles. The molecule has 0 aliphatic carbocycles. The summed E-state index contributed by atoms with van der Waals surface area (Å²) < 4.78 is 13.2. The van der Waals surface area contributed by atoms with Crippen LogP contribution in [0.25, 0.3) is 5.57 Å². The van der Waals surface area contributed by atoms with Crippen LogP contribution in [-0.2, 0) is 0 Å². The summed E-state index contributed by atoms with van der Waals surface area (Å²) in [4.78, 5) is 0. The fourth-order valence-corrected chi connectivity index (χ4v) is 1.91. The highest BCUT2D eigenvalue weighted by atomic mass is 35.5. The molecule has 1 nitrogen and oxygen atoms in total. The Hall–Kier alpha value is -0.860. The van der Waals surface area contributed by atoms with E-state index in [2.05, 4.69) is 32.2 Å². The van der Waals surface area contributed by atoms with Crippen LogP contribution in [0.3, 0.4) is 0 Å². The Kier molecular flexibility index (Phi) is 5.36. The molecule has 0 saturated carbocycles. The molecule has 0 saturated heterocycles. The summed E-state index contributed by atoms with van der Waals surface area (Å²) in [6.07, 6.45) is 2.98. The summed E-state index contributed by atoms with van der Waals surface area (Å²) in [6.45, 7) is 9.25. The molecule has 1 rings (SSSR count). The van der Waals surface area contributed by atoms with Crippen molar-refractivity contribution in [2.75, 3.05) is 6.54 Å². The van der Waals surface area contributed by atoms with Crippen molar-refractivity contribution in [2.45, 2.75) is 39.7 Å². The van der Waals surface area contributed by atoms with Gasteiger partial charge < -0.3 is 5.32 Å². The van der Waals surface area contributed by atoms with Gasteiger partial charge in [-0.1, -0.05) is 17.7 Å². The normalized spacial score (nSPS) is 12.9. The smallest absolute Gasteiger partial charge is 0.123 e. The standard InChI is InChI=1S/C15H21ClFN/c1-11(6-5-9-18-15(2,3)4)13-10-12(17)7-8-14(13)16/h6-8,10,18H,5,9H2,1-4H3/b11-6-. The van der Waals surface area contributed by atoms with Gasteiger partial charge in [-0.25, -0.2) is 4.39 Å². The molecule has 0 atom stereocenters. The topological polar surface area (TPSA) is 12.0 Å². The van der Waals surface area contributed by atoms with Crippen molar-refractivity contribution in [2.24, 2.45) is 0 Å². The zero-order valence-electron chi connectivity index (χ0n) is 11.5. The maximum absolute atomic E-state index is 13.2. The Labute approximate surface area is 114 Å². The predicted octanol–water partition coefficient (Wildman–Crippen LogP) is 4.66. The van der Waals surface area contributed by atoms with E-state index in [1.54, 1.807) is 6.07 Å². The van der Waals surface area contributed by atoms with Crippen LogP contribution in [0.4, 0.5) is 4.39 Å². The highest BCUT2D eigenvalue weighted by molar-refractivity contribution is 6.32. The second-order valence-electron chi connectivity index (χ2n) is 5.48.